The lowest BCUT2D eigenvalue weighted by molar-refractivity contribution is 0.280. The van der Waals surface area contributed by atoms with E-state index in [1.165, 1.54) is 25.0 Å². The maximum Gasteiger partial charge on any atom is 0.128 e. The van der Waals surface area contributed by atoms with Crippen LogP contribution in [0.5, 0.6) is 0 Å². The Morgan fingerprint density at radius 2 is 2.07 bits per heavy atom. The molecule has 0 amide bonds. The Hall–Kier alpha value is -1.27. The van der Waals surface area contributed by atoms with Crippen molar-refractivity contribution >= 4 is 5.94 Å². The van der Waals surface area contributed by atoms with Gasteiger partial charge in [0, 0.05) is 30.8 Å². The summed E-state index contributed by atoms with van der Waals surface area (Å²) in [6.45, 7) is 2.26. The SMILES string of the molecule is O=C=C1[C]=CC=C(N2CCCCC2)C1. The van der Waals surface area contributed by atoms with Gasteiger partial charge in [-0.3, -0.25) is 0 Å². The summed E-state index contributed by atoms with van der Waals surface area (Å²) in [5, 5.41) is 0. The summed E-state index contributed by atoms with van der Waals surface area (Å²) in [4.78, 5) is 12.9. The second-order valence-electron chi connectivity index (χ2n) is 3.77. The number of nitrogens with zero attached hydrogens (tertiary/aromatic N) is 1. The van der Waals surface area contributed by atoms with Gasteiger partial charge in [0.15, 0.2) is 0 Å². The number of piperidine rings is 1. The van der Waals surface area contributed by atoms with Crippen LogP contribution in [0, 0.1) is 6.08 Å². The highest BCUT2D eigenvalue weighted by Gasteiger charge is 2.15. The van der Waals surface area contributed by atoms with Crippen molar-refractivity contribution in [2.75, 3.05) is 13.1 Å². The van der Waals surface area contributed by atoms with Gasteiger partial charge in [-0.2, -0.15) is 0 Å². The van der Waals surface area contributed by atoms with Crippen molar-refractivity contribution in [2.45, 2.75) is 25.7 Å². The van der Waals surface area contributed by atoms with Crippen molar-refractivity contribution in [1.82, 2.24) is 4.90 Å². The van der Waals surface area contributed by atoms with Crippen molar-refractivity contribution in [3.05, 3.63) is 29.5 Å². The molecule has 1 fully saturated rings. The highest BCUT2D eigenvalue weighted by Crippen LogP contribution is 2.22. The van der Waals surface area contributed by atoms with E-state index in [0.717, 1.165) is 13.1 Å². The van der Waals surface area contributed by atoms with Gasteiger partial charge in [-0.1, -0.05) is 6.08 Å². The molecular formula is C12H14NO. The van der Waals surface area contributed by atoms with E-state index in [2.05, 4.69) is 17.1 Å². The Balaban J connectivity index is 2.07. The lowest BCUT2D eigenvalue weighted by atomic mass is 10.0. The highest BCUT2D eigenvalue weighted by molar-refractivity contribution is 5.57. The zero-order valence-corrected chi connectivity index (χ0v) is 8.25. The zero-order chi connectivity index (χ0) is 9.80. The third kappa shape index (κ3) is 1.97. The van der Waals surface area contributed by atoms with Crippen LogP contribution in [0.25, 0.3) is 0 Å². The molecule has 2 rings (SSSR count). The average molecular weight is 188 g/mol. The third-order valence-corrected chi connectivity index (χ3v) is 2.78. The van der Waals surface area contributed by atoms with Crippen LogP contribution < -0.4 is 0 Å². The van der Waals surface area contributed by atoms with E-state index in [9.17, 15) is 4.79 Å². The van der Waals surface area contributed by atoms with Gasteiger partial charge in [0.05, 0.1) is 0 Å². The van der Waals surface area contributed by atoms with E-state index in [0.29, 0.717) is 12.0 Å². The van der Waals surface area contributed by atoms with Gasteiger partial charge in [0.2, 0.25) is 0 Å². The molecule has 14 heavy (non-hydrogen) atoms. The molecule has 0 aromatic heterocycles. The molecule has 2 aliphatic rings. The van der Waals surface area contributed by atoms with Gasteiger partial charge < -0.3 is 4.90 Å². The fraction of sp³-hybridized carbons (Fsp3) is 0.500. The first-order chi connectivity index (χ1) is 6.90. The summed E-state index contributed by atoms with van der Waals surface area (Å²) in [5.41, 5.74) is 1.90. The van der Waals surface area contributed by atoms with Crippen LogP contribution in [-0.2, 0) is 4.79 Å². The molecule has 0 aromatic carbocycles. The average Bonchev–Trinajstić information content (AvgIpc) is 2.30. The van der Waals surface area contributed by atoms with E-state index < -0.39 is 0 Å². The molecule has 0 unspecified atom stereocenters. The first-order valence-electron chi connectivity index (χ1n) is 5.18. The Bertz CT molecular complexity index is 315. The first-order valence-corrected chi connectivity index (χ1v) is 5.18. The highest BCUT2D eigenvalue weighted by atomic mass is 16.1. The maximum absolute atomic E-state index is 10.5. The molecular weight excluding hydrogens is 174 g/mol. The molecule has 2 heteroatoms. The predicted octanol–water partition coefficient (Wildman–Crippen LogP) is 1.88. The molecule has 0 N–H and O–H groups in total. The fourth-order valence-electron chi connectivity index (χ4n) is 1.99. The lowest BCUT2D eigenvalue weighted by Gasteiger charge is -2.31. The second kappa shape index (κ2) is 4.30. The number of hydrogen-bond acceptors (Lipinski definition) is 2. The Morgan fingerprint density at radius 3 is 2.79 bits per heavy atom. The van der Waals surface area contributed by atoms with Gasteiger partial charge in [-0.05, 0) is 31.4 Å². The van der Waals surface area contributed by atoms with Crippen LogP contribution in [0.4, 0.5) is 0 Å². The molecule has 2 nitrogen and oxygen atoms in total. The monoisotopic (exact) mass is 188 g/mol. The van der Waals surface area contributed by atoms with E-state index in [-0.39, 0.29) is 0 Å². The molecule has 0 saturated carbocycles. The minimum absolute atomic E-state index is 0.646. The largest absolute Gasteiger partial charge is 0.375 e. The standard InChI is InChI=1S/C12H14NO/c14-10-11-5-4-6-12(9-11)13-7-2-1-3-8-13/h4,6H,1-3,7-9H2. The van der Waals surface area contributed by atoms with Crippen LogP contribution in [0.15, 0.2) is 23.4 Å². The molecule has 0 aromatic rings. The molecule has 1 aliphatic heterocycles. The van der Waals surface area contributed by atoms with Crippen LogP contribution in [0.2, 0.25) is 0 Å². The maximum atomic E-state index is 10.5. The summed E-state index contributed by atoms with van der Waals surface area (Å²) in [6, 6.07) is 0. The summed E-state index contributed by atoms with van der Waals surface area (Å²) in [7, 11) is 0. The van der Waals surface area contributed by atoms with Crippen molar-refractivity contribution in [3.8, 4) is 0 Å². The smallest absolute Gasteiger partial charge is 0.128 e. The van der Waals surface area contributed by atoms with Crippen LogP contribution >= 0.6 is 0 Å². The lowest BCUT2D eigenvalue weighted by Crippen LogP contribution is -2.29. The summed E-state index contributed by atoms with van der Waals surface area (Å²) >= 11 is 0. The molecule has 0 atom stereocenters. The number of allylic oxidation sites excluding steroid dienone is 4. The second-order valence-corrected chi connectivity index (χ2v) is 3.77. The molecule has 73 valence electrons. The summed E-state index contributed by atoms with van der Waals surface area (Å²) < 4.78 is 0. The van der Waals surface area contributed by atoms with Crippen molar-refractivity contribution in [2.24, 2.45) is 0 Å². The Labute approximate surface area is 84.6 Å². The van der Waals surface area contributed by atoms with Gasteiger partial charge in [-0.15, -0.1) is 0 Å². The minimum atomic E-state index is 0.646. The molecule has 1 aliphatic carbocycles. The third-order valence-electron chi connectivity index (χ3n) is 2.78. The van der Waals surface area contributed by atoms with Crippen LogP contribution in [0.1, 0.15) is 25.7 Å². The Kier molecular flexibility index (Phi) is 2.85. The normalized spacial score (nSPS) is 21.9. The van der Waals surface area contributed by atoms with Crippen LogP contribution in [-0.4, -0.2) is 23.9 Å². The fourth-order valence-corrected chi connectivity index (χ4v) is 1.99. The number of hydrogen-bond donors (Lipinski definition) is 0. The van der Waals surface area contributed by atoms with E-state index in [4.69, 9.17) is 0 Å². The predicted molar refractivity (Wildman–Crippen MR) is 55.1 cm³/mol. The van der Waals surface area contributed by atoms with Crippen molar-refractivity contribution < 1.29 is 4.79 Å². The minimum Gasteiger partial charge on any atom is -0.375 e. The van der Waals surface area contributed by atoms with Crippen LogP contribution in [0.3, 0.4) is 0 Å². The topological polar surface area (TPSA) is 20.3 Å². The zero-order valence-electron chi connectivity index (χ0n) is 8.25. The van der Waals surface area contributed by atoms with E-state index >= 15 is 0 Å². The van der Waals surface area contributed by atoms with Gasteiger partial charge in [0.25, 0.3) is 0 Å². The molecule has 1 heterocycles. The number of likely N-dealkylation sites (tertiary alicyclic amines) is 1. The van der Waals surface area contributed by atoms with Gasteiger partial charge in [-0.25, -0.2) is 4.79 Å². The first kappa shape index (κ1) is 9.29. The number of carbonyl (C=O) groups excluding carboxylic acids is 1. The van der Waals surface area contributed by atoms with Gasteiger partial charge in [0.1, 0.15) is 5.94 Å². The van der Waals surface area contributed by atoms with Crippen molar-refractivity contribution in [1.29, 1.82) is 0 Å². The summed E-state index contributed by atoms with van der Waals surface area (Å²) in [5.74, 6) is 1.93. The molecule has 1 radical (unpaired) electrons. The molecule has 1 saturated heterocycles. The Morgan fingerprint density at radius 1 is 1.29 bits per heavy atom. The van der Waals surface area contributed by atoms with Gasteiger partial charge >= 0.3 is 0 Å². The van der Waals surface area contributed by atoms with E-state index in [1.807, 2.05) is 12.0 Å². The quantitative estimate of drug-likeness (QED) is 0.585. The van der Waals surface area contributed by atoms with Crippen molar-refractivity contribution in [3.63, 3.8) is 0 Å². The molecule has 0 bridgehead atoms. The summed E-state index contributed by atoms with van der Waals surface area (Å²) in [6.07, 6.45) is 11.4. The number of rotatable bonds is 1. The van der Waals surface area contributed by atoms with E-state index in [1.54, 1.807) is 0 Å². The molecule has 0 spiro atoms.